The molecule has 0 saturated carbocycles. The Bertz CT molecular complexity index is 702. The number of aromatic carboxylic acids is 1. The summed E-state index contributed by atoms with van der Waals surface area (Å²) in [6, 6.07) is 10.9. The van der Waals surface area contributed by atoms with E-state index in [9.17, 15) is 9.18 Å². The standard InChI is InChI=1S/C16H15FN2O2S/c1-10-2-5-12(15(20)21)8-14(10)19-16(22)18-9-11-3-6-13(17)7-4-11/h2-8H,9H2,1H3,(H,20,21)(H2,18,19,22). The minimum Gasteiger partial charge on any atom is -0.478 e. The van der Waals surface area contributed by atoms with E-state index in [-0.39, 0.29) is 11.4 Å². The summed E-state index contributed by atoms with van der Waals surface area (Å²) in [7, 11) is 0. The average molecular weight is 318 g/mol. The molecule has 2 rings (SSSR count). The van der Waals surface area contributed by atoms with Crippen molar-refractivity contribution in [1.82, 2.24) is 5.32 Å². The molecule has 0 aliphatic heterocycles. The van der Waals surface area contributed by atoms with Crippen LogP contribution in [0.4, 0.5) is 10.1 Å². The van der Waals surface area contributed by atoms with Crippen molar-refractivity contribution < 1.29 is 14.3 Å². The minimum absolute atomic E-state index is 0.189. The van der Waals surface area contributed by atoms with Gasteiger partial charge < -0.3 is 15.7 Å². The Morgan fingerprint density at radius 2 is 1.91 bits per heavy atom. The van der Waals surface area contributed by atoms with E-state index in [0.29, 0.717) is 17.3 Å². The smallest absolute Gasteiger partial charge is 0.335 e. The van der Waals surface area contributed by atoms with Gasteiger partial charge in [-0.2, -0.15) is 0 Å². The molecule has 22 heavy (non-hydrogen) atoms. The second-order valence-electron chi connectivity index (χ2n) is 4.77. The largest absolute Gasteiger partial charge is 0.478 e. The van der Waals surface area contributed by atoms with Crippen LogP contribution in [-0.2, 0) is 6.54 Å². The van der Waals surface area contributed by atoms with E-state index >= 15 is 0 Å². The first-order chi connectivity index (χ1) is 10.5. The summed E-state index contributed by atoms with van der Waals surface area (Å²) >= 11 is 5.19. The number of carboxylic acids is 1. The third-order valence-corrected chi connectivity index (χ3v) is 3.35. The molecule has 0 fully saturated rings. The van der Waals surface area contributed by atoms with E-state index in [1.165, 1.54) is 24.3 Å². The number of carboxylic acid groups (broad SMARTS) is 1. The van der Waals surface area contributed by atoms with Crippen LogP contribution in [0.3, 0.4) is 0 Å². The SMILES string of the molecule is Cc1ccc(C(=O)O)cc1NC(=S)NCc1ccc(F)cc1. The zero-order valence-corrected chi connectivity index (χ0v) is 12.7. The number of thiocarbonyl (C=S) groups is 1. The van der Waals surface area contributed by atoms with Crippen molar-refractivity contribution in [3.8, 4) is 0 Å². The number of hydrogen-bond donors (Lipinski definition) is 3. The van der Waals surface area contributed by atoms with Crippen molar-refractivity contribution in [3.05, 3.63) is 65.0 Å². The third kappa shape index (κ3) is 4.26. The average Bonchev–Trinajstić information content (AvgIpc) is 2.48. The van der Waals surface area contributed by atoms with Crippen molar-refractivity contribution in [3.63, 3.8) is 0 Å². The lowest BCUT2D eigenvalue weighted by Gasteiger charge is -2.13. The topological polar surface area (TPSA) is 61.4 Å². The molecular weight excluding hydrogens is 303 g/mol. The number of halogens is 1. The maximum atomic E-state index is 12.8. The van der Waals surface area contributed by atoms with Crippen LogP contribution in [0.15, 0.2) is 42.5 Å². The number of carbonyl (C=O) groups is 1. The minimum atomic E-state index is -0.992. The van der Waals surface area contributed by atoms with Gasteiger partial charge in [0.1, 0.15) is 5.82 Å². The molecule has 2 aromatic rings. The van der Waals surface area contributed by atoms with Gasteiger partial charge >= 0.3 is 5.97 Å². The zero-order chi connectivity index (χ0) is 16.1. The van der Waals surface area contributed by atoms with Crippen LogP contribution in [0.1, 0.15) is 21.5 Å². The van der Waals surface area contributed by atoms with Gasteiger partial charge in [0.2, 0.25) is 0 Å². The van der Waals surface area contributed by atoms with Gasteiger partial charge in [0, 0.05) is 12.2 Å². The first-order valence-electron chi connectivity index (χ1n) is 6.59. The molecule has 0 aliphatic carbocycles. The highest BCUT2D eigenvalue weighted by Crippen LogP contribution is 2.17. The fourth-order valence-electron chi connectivity index (χ4n) is 1.84. The van der Waals surface area contributed by atoms with Gasteiger partial charge in [-0.25, -0.2) is 9.18 Å². The summed E-state index contributed by atoms with van der Waals surface area (Å²) < 4.78 is 12.8. The number of benzene rings is 2. The lowest BCUT2D eigenvalue weighted by Crippen LogP contribution is -2.28. The predicted molar refractivity (Wildman–Crippen MR) is 87.6 cm³/mol. The van der Waals surface area contributed by atoms with Gasteiger partial charge in [-0.15, -0.1) is 0 Å². The molecule has 0 heterocycles. The summed E-state index contributed by atoms with van der Waals surface area (Å²) in [6.45, 7) is 2.31. The second-order valence-corrected chi connectivity index (χ2v) is 5.18. The monoisotopic (exact) mass is 318 g/mol. The molecule has 0 spiro atoms. The number of aryl methyl sites for hydroxylation is 1. The number of anilines is 1. The Morgan fingerprint density at radius 3 is 2.55 bits per heavy atom. The Balaban J connectivity index is 1.98. The van der Waals surface area contributed by atoms with E-state index < -0.39 is 5.97 Å². The number of nitrogens with one attached hydrogen (secondary N) is 2. The summed E-state index contributed by atoms with van der Waals surface area (Å²) in [4.78, 5) is 11.0. The highest BCUT2D eigenvalue weighted by Gasteiger charge is 2.07. The molecule has 6 heteroatoms. The Labute approximate surface area is 133 Å². The van der Waals surface area contributed by atoms with E-state index in [1.54, 1.807) is 18.2 Å². The van der Waals surface area contributed by atoms with Crippen LogP contribution in [-0.4, -0.2) is 16.2 Å². The lowest BCUT2D eigenvalue weighted by atomic mass is 10.1. The Kier molecular flexibility index (Phi) is 5.06. The van der Waals surface area contributed by atoms with Crippen molar-refractivity contribution in [2.75, 3.05) is 5.32 Å². The molecule has 0 radical (unpaired) electrons. The molecule has 0 aliphatic rings. The fourth-order valence-corrected chi connectivity index (χ4v) is 2.02. The quantitative estimate of drug-likeness (QED) is 0.755. The van der Waals surface area contributed by atoms with Gasteiger partial charge in [0.05, 0.1) is 5.56 Å². The lowest BCUT2D eigenvalue weighted by molar-refractivity contribution is 0.0697. The van der Waals surface area contributed by atoms with Crippen LogP contribution < -0.4 is 10.6 Å². The van der Waals surface area contributed by atoms with Gasteiger partial charge in [0.15, 0.2) is 5.11 Å². The van der Waals surface area contributed by atoms with Crippen LogP contribution in [0.25, 0.3) is 0 Å². The van der Waals surface area contributed by atoms with Gasteiger partial charge in [0.25, 0.3) is 0 Å². The van der Waals surface area contributed by atoms with E-state index in [4.69, 9.17) is 17.3 Å². The van der Waals surface area contributed by atoms with Crippen LogP contribution >= 0.6 is 12.2 Å². The first-order valence-corrected chi connectivity index (χ1v) is 7.00. The van der Waals surface area contributed by atoms with Crippen LogP contribution in [0.2, 0.25) is 0 Å². The molecule has 0 unspecified atom stereocenters. The van der Waals surface area contributed by atoms with Crippen molar-refractivity contribution in [2.24, 2.45) is 0 Å². The van der Waals surface area contributed by atoms with Crippen LogP contribution in [0, 0.1) is 12.7 Å². The maximum Gasteiger partial charge on any atom is 0.335 e. The molecule has 0 atom stereocenters. The number of rotatable bonds is 4. The summed E-state index contributed by atoms with van der Waals surface area (Å²) in [5.74, 6) is -1.28. The highest BCUT2D eigenvalue weighted by atomic mass is 32.1. The molecule has 114 valence electrons. The van der Waals surface area contributed by atoms with E-state index in [1.807, 2.05) is 6.92 Å². The summed E-state index contributed by atoms with van der Waals surface area (Å²) in [5.41, 5.74) is 2.60. The summed E-state index contributed by atoms with van der Waals surface area (Å²) in [6.07, 6.45) is 0. The van der Waals surface area contributed by atoms with Crippen molar-refractivity contribution in [2.45, 2.75) is 13.5 Å². The summed E-state index contributed by atoms with van der Waals surface area (Å²) in [5, 5.41) is 15.3. The molecule has 0 aromatic heterocycles. The fraction of sp³-hybridized carbons (Fsp3) is 0.125. The Hall–Kier alpha value is -2.47. The highest BCUT2D eigenvalue weighted by molar-refractivity contribution is 7.80. The molecular formula is C16H15FN2O2S. The zero-order valence-electron chi connectivity index (χ0n) is 11.9. The normalized spacial score (nSPS) is 10.1. The molecule has 0 saturated heterocycles. The van der Waals surface area contributed by atoms with Gasteiger partial charge in [-0.3, -0.25) is 0 Å². The first kappa shape index (κ1) is 15.9. The van der Waals surface area contributed by atoms with Gasteiger partial charge in [-0.05, 0) is 54.5 Å². The maximum absolute atomic E-state index is 12.8. The molecule has 0 bridgehead atoms. The van der Waals surface area contributed by atoms with Crippen molar-refractivity contribution in [1.29, 1.82) is 0 Å². The molecule has 2 aromatic carbocycles. The van der Waals surface area contributed by atoms with Crippen molar-refractivity contribution >= 4 is 29.0 Å². The van der Waals surface area contributed by atoms with E-state index in [2.05, 4.69) is 10.6 Å². The third-order valence-electron chi connectivity index (χ3n) is 3.10. The Morgan fingerprint density at radius 1 is 1.23 bits per heavy atom. The van der Waals surface area contributed by atoms with Gasteiger partial charge in [-0.1, -0.05) is 18.2 Å². The molecule has 0 amide bonds. The van der Waals surface area contributed by atoms with Crippen LogP contribution in [0.5, 0.6) is 0 Å². The molecule has 3 N–H and O–H groups in total. The second kappa shape index (κ2) is 7.00. The number of hydrogen-bond acceptors (Lipinski definition) is 2. The predicted octanol–water partition coefficient (Wildman–Crippen LogP) is 3.32. The molecule has 4 nitrogen and oxygen atoms in total. The van der Waals surface area contributed by atoms with E-state index in [0.717, 1.165) is 11.1 Å².